The second kappa shape index (κ2) is 10.9. The molecule has 0 radical (unpaired) electrons. The molecule has 0 aliphatic heterocycles. The summed E-state index contributed by atoms with van der Waals surface area (Å²) in [6, 6.07) is 8.57. The largest absolute Gasteiger partial charge is 0.380 e. The highest BCUT2D eigenvalue weighted by molar-refractivity contribution is 14.0. The van der Waals surface area contributed by atoms with Gasteiger partial charge >= 0.3 is 0 Å². The molecule has 0 aliphatic carbocycles. The van der Waals surface area contributed by atoms with Crippen molar-refractivity contribution in [3.63, 3.8) is 0 Å². The zero-order valence-electron chi connectivity index (χ0n) is 12.8. The van der Waals surface area contributed by atoms with Crippen molar-refractivity contribution in [2.24, 2.45) is 4.99 Å². The molecule has 4 nitrogen and oxygen atoms in total. The van der Waals surface area contributed by atoms with Gasteiger partial charge in [0.25, 0.3) is 0 Å². The summed E-state index contributed by atoms with van der Waals surface area (Å²) in [5.74, 6) is 0.889. The molecule has 1 aromatic carbocycles. The van der Waals surface area contributed by atoms with Gasteiger partial charge in [-0.3, -0.25) is 4.99 Å². The maximum absolute atomic E-state index is 5.30. The molecule has 1 rings (SSSR count). The molecule has 0 saturated carbocycles. The van der Waals surface area contributed by atoms with Crippen molar-refractivity contribution >= 4 is 29.9 Å². The molecule has 1 aromatic rings. The number of ether oxygens (including phenoxy) is 1. The van der Waals surface area contributed by atoms with Crippen LogP contribution in [0.3, 0.4) is 0 Å². The average molecular weight is 391 g/mol. The van der Waals surface area contributed by atoms with Crippen LogP contribution >= 0.6 is 24.0 Å². The first-order valence-corrected chi connectivity index (χ1v) is 6.72. The number of nitrogens with zero attached hydrogens (tertiary/aromatic N) is 2. The summed E-state index contributed by atoms with van der Waals surface area (Å²) in [5, 5.41) is 3.29. The average Bonchev–Trinajstić information content (AvgIpc) is 2.41. The van der Waals surface area contributed by atoms with Crippen LogP contribution in [0.2, 0.25) is 0 Å². The van der Waals surface area contributed by atoms with E-state index in [9.17, 15) is 0 Å². The summed E-state index contributed by atoms with van der Waals surface area (Å²) in [4.78, 5) is 6.38. The van der Waals surface area contributed by atoms with Crippen molar-refractivity contribution in [2.75, 3.05) is 33.9 Å². The van der Waals surface area contributed by atoms with Gasteiger partial charge in [-0.1, -0.05) is 29.8 Å². The lowest BCUT2D eigenvalue weighted by atomic mass is 10.1. The Kier molecular flexibility index (Phi) is 10.5. The molecule has 114 valence electrons. The van der Waals surface area contributed by atoms with Gasteiger partial charge in [0, 0.05) is 33.8 Å². The maximum Gasteiger partial charge on any atom is 0.193 e. The van der Waals surface area contributed by atoms with Gasteiger partial charge in [0.2, 0.25) is 0 Å². The zero-order valence-corrected chi connectivity index (χ0v) is 15.2. The first-order chi connectivity index (χ1) is 9.17. The van der Waals surface area contributed by atoms with Gasteiger partial charge in [-0.25, -0.2) is 0 Å². The first-order valence-electron chi connectivity index (χ1n) is 6.72. The number of halogens is 1. The molecule has 0 bridgehead atoms. The number of aliphatic imine (C=N–C) groups is 1. The Morgan fingerprint density at radius 3 is 2.50 bits per heavy atom. The highest BCUT2D eigenvalue weighted by atomic mass is 127. The second-order valence-corrected chi connectivity index (χ2v) is 4.51. The third-order valence-electron chi connectivity index (χ3n) is 2.85. The predicted octanol–water partition coefficient (Wildman–Crippen LogP) is 2.66. The van der Waals surface area contributed by atoms with Crippen LogP contribution in [-0.2, 0) is 11.3 Å². The molecule has 0 heterocycles. The van der Waals surface area contributed by atoms with E-state index < -0.39 is 0 Å². The van der Waals surface area contributed by atoms with E-state index in [2.05, 4.69) is 46.4 Å². The zero-order chi connectivity index (χ0) is 14.1. The standard InChI is InChI=1S/C15H25N3O.HI/c1-5-19-11-10-17-15(16-3)18(4)12-14-8-6-13(2)7-9-14;/h6-9H,5,10-12H2,1-4H3,(H,16,17);1H. The second-order valence-electron chi connectivity index (χ2n) is 4.51. The third-order valence-corrected chi connectivity index (χ3v) is 2.85. The van der Waals surface area contributed by atoms with Gasteiger partial charge in [0.15, 0.2) is 5.96 Å². The van der Waals surface area contributed by atoms with E-state index in [1.807, 2.05) is 14.0 Å². The predicted molar refractivity (Wildman–Crippen MR) is 95.9 cm³/mol. The molecular formula is C15H26IN3O. The Morgan fingerprint density at radius 2 is 1.95 bits per heavy atom. The summed E-state index contributed by atoms with van der Waals surface area (Å²) in [6.07, 6.45) is 0. The van der Waals surface area contributed by atoms with Gasteiger partial charge < -0.3 is 15.0 Å². The minimum absolute atomic E-state index is 0. The summed E-state index contributed by atoms with van der Waals surface area (Å²) in [5.41, 5.74) is 2.56. The van der Waals surface area contributed by atoms with Crippen LogP contribution in [0.15, 0.2) is 29.3 Å². The van der Waals surface area contributed by atoms with Gasteiger partial charge in [-0.15, -0.1) is 24.0 Å². The molecule has 1 N–H and O–H groups in total. The molecule has 0 spiro atoms. The van der Waals surface area contributed by atoms with E-state index in [1.54, 1.807) is 7.05 Å². The summed E-state index contributed by atoms with van der Waals surface area (Å²) in [6.45, 7) is 7.17. The van der Waals surface area contributed by atoms with Crippen LogP contribution in [0.4, 0.5) is 0 Å². The number of nitrogens with one attached hydrogen (secondary N) is 1. The smallest absolute Gasteiger partial charge is 0.193 e. The maximum atomic E-state index is 5.30. The number of hydrogen-bond acceptors (Lipinski definition) is 2. The highest BCUT2D eigenvalue weighted by Gasteiger charge is 2.05. The molecule has 0 aromatic heterocycles. The molecule has 0 unspecified atom stereocenters. The molecule has 5 heteroatoms. The third kappa shape index (κ3) is 7.09. The topological polar surface area (TPSA) is 36.9 Å². The number of benzene rings is 1. The number of guanidine groups is 1. The number of hydrogen-bond donors (Lipinski definition) is 1. The number of rotatable bonds is 6. The molecule has 0 saturated heterocycles. The summed E-state index contributed by atoms with van der Waals surface area (Å²) >= 11 is 0. The van der Waals surface area contributed by atoms with Gasteiger partial charge in [-0.05, 0) is 19.4 Å². The van der Waals surface area contributed by atoms with Crippen molar-refractivity contribution in [1.82, 2.24) is 10.2 Å². The molecule has 0 fully saturated rings. The van der Waals surface area contributed by atoms with Crippen molar-refractivity contribution in [1.29, 1.82) is 0 Å². The van der Waals surface area contributed by atoms with E-state index in [0.717, 1.165) is 25.7 Å². The van der Waals surface area contributed by atoms with E-state index in [4.69, 9.17) is 4.74 Å². The Balaban J connectivity index is 0.00000361. The SMILES string of the molecule is CCOCCNC(=NC)N(C)Cc1ccc(C)cc1.I. The minimum atomic E-state index is 0. The lowest BCUT2D eigenvalue weighted by Crippen LogP contribution is -2.39. The van der Waals surface area contributed by atoms with E-state index in [0.29, 0.717) is 6.61 Å². The first kappa shape index (κ1) is 19.2. The van der Waals surface area contributed by atoms with E-state index in [-0.39, 0.29) is 24.0 Å². The van der Waals surface area contributed by atoms with E-state index >= 15 is 0 Å². The van der Waals surface area contributed by atoms with Crippen LogP contribution in [-0.4, -0.2) is 44.7 Å². The monoisotopic (exact) mass is 391 g/mol. The fourth-order valence-corrected chi connectivity index (χ4v) is 1.81. The Bertz CT molecular complexity index is 393. The van der Waals surface area contributed by atoms with Crippen molar-refractivity contribution in [3.8, 4) is 0 Å². The Labute approximate surface area is 139 Å². The van der Waals surface area contributed by atoms with Gasteiger partial charge in [0.05, 0.1) is 6.61 Å². The van der Waals surface area contributed by atoms with Gasteiger partial charge in [0.1, 0.15) is 0 Å². The summed E-state index contributed by atoms with van der Waals surface area (Å²) < 4.78 is 5.30. The van der Waals surface area contributed by atoms with E-state index in [1.165, 1.54) is 11.1 Å². The molecular weight excluding hydrogens is 365 g/mol. The van der Waals surface area contributed by atoms with Crippen LogP contribution in [0.5, 0.6) is 0 Å². The fourth-order valence-electron chi connectivity index (χ4n) is 1.81. The minimum Gasteiger partial charge on any atom is -0.380 e. The molecule has 0 atom stereocenters. The van der Waals surface area contributed by atoms with Crippen molar-refractivity contribution in [3.05, 3.63) is 35.4 Å². The summed E-state index contributed by atoms with van der Waals surface area (Å²) in [7, 11) is 3.84. The van der Waals surface area contributed by atoms with Crippen LogP contribution < -0.4 is 5.32 Å². The van der Waals surface area contributed by atoms with Gasteiger partial charge in [-0.2, -0.15) is 0 Å². The quantitative estimate of drug-likeness (QED) is 0.351. The molecule has 20 heavy (non-hydrogen) atoms. The van der Waals surface area contributed by atoms with Crippen molar-refractivity contribution in [2.45, 2.75) is 20.4 Å². The van der Waals surface area contributed by atoms with Crippen LogP contribution in [0.25, 0.3) is 0 Å². The highest BCUT2D eigenvalue weighted by Crippen LogP contribution is 2.05. The van der Waals surface area contributed by atoms with Crippen LogP contribution in [0.1, 0.15) is 18.1 Å². The Hall–Kier alpha value is -0.820. The van der Waals surface area contributed by atoms with Crippen molar-refractivity contribution < 1.29 is 4.74 Å². The molecule has 0 aliphatic rings. The van der Waals surface area contributed by atoms with Crippen LogP contribution in [0, 0.1) is 6.92 Å². The number of aryl methyl sites for hydroxylation is 1. The molecule has 0 amide bonds. The fraction of sp³-hybridized carbons (Fsp3) is 0.533. The lowest BCUT2D eigenvalue weighted by Gasteiger charge is -2.22. The Morgan fingerprint density at radius 1 is 1.30 bits per heavy atom. The normalized spacial score (nSPS) is 10.9. The lowest BCUT2D eigenvalue weighted by molar-refractivity contribution is 0.152.